The van der Waals surface area contributed by atoms with Gasteiger partial charge in [-0.25, -0.2) is 0 Å². The number of methoxy groups -OCH3 is 2. The number of aromatic amines is 1. The average Bonchev–Trinajstić information content (AvgIpc) is 3.03. The van der Waals surface area contributed by atoms with Gasteiger partial charge in [-0.05, 0) is 29.3 Å². The lowest BCUT2D eigenvalue weighted by Crippen LogP contribution is -2.09. The van der Waals surface area contributed by atoms with E-state index in [4.69, 9.17) is 9.47 Å². The summed E-state index contributed by atoms with van der Waals surface area (Å²) in [6.07, 6.45) is 2.27. The monoisotopic (exact) mass is 309 g/mol. The molecular weight excluding hydrogens is 290 g/mol. The van der Waals surface area contributed by atoms with Crippen LogP contribution in [0, 0.1) is 0 Å². The van der Waals surface area contributed by atoms with Gasteiger partial charge in [-0.1, -0.05) is 30.3 Å². The molecule has 1 N–H and O–H groups in total. The molecule has 0 saturated carbocycles. The lowest BCUT2D eigenvalue weighted by Gasteiger charge is -2.16. The first kappa shape index (κ1) is 15.2. The lowest BCUT2D eigenvalue weighted by atomic mass is 9.88. The number of hydrogen-bond donors (Lipinski definition) is 1. The summed E-state index contributed by atoms with van der Waals surface area (Å²) >= 11 is 0. The molecule has 0 saturated heterocycles. The Morgan fingerprint density at radius 1 is 1.09 bits per heavy atom. The number of aromatic nitrogens is 1. The topological polar surface area (TPSA) is 51.3 Å². The van der Waals surface area contributed by atoms with Crippen LogP contribution in [-0.4, -0.2) is 25.2 Å². The standard InChI is InChI=1S/C19H19NO3/c1-22-14-9-7-13(8-10-14)16(11-19(21)23-2)17-12-20-18-6-4-3-5-15(17)18/h3-10,12,16,20H,11H2,1-2H3/t16-/m1/s1. The Morgan fingerprint density at radius 3 is 2.52 bits per heavy atom. The maximum Gasteiger partial charge on any atom is 0.306 e. The van der Waals surface area contributed by atoms with Crippen molar-refractivity contribution in [2.75, 3.05) is 14.2 Å². The molecular formula is C19H19NO3. The first-order valence-corrected chi connectivity index (χ1v) is 7.49. The van der Waals surface area contributed by atoms with Crippen molar-refractivity contribution in [1.82, 2.24) is 4.98 Å². The molecule has 0 bridgehead atoms. The molecule has 4 nitrogen and oxygen atoms in total. The molecule has 0 fully saturated rings. The molecule has 3 aromatic rings. The Hall–Kier alpha value is -2.75. The molecule has 0 unspecified atom stereocenters. The van der Waals surface area contributed by atoms with Crippen molar-refractivity contribution < 1.29 is 14.3 Å². The number of carbonyl (C=O) groups excluding carboxylic acids is 1. The maximum atomic E-state index is 11.9. The molecule has 0 spiro atoms. The van der Waals surface area contributed by atoms with Crippen LogP contribution in [0.4, 0.5) is 0 Å². The number of para-hydroxylation sites is 1. The molecule has 0 radical (unpaired) electrons. The molecule has 1 atom stereocenters. The Labute approximate surface area is 135 Å². The van der Waals surface area contributed by atoms with Crippen LogP contribution in [0.1, 0.15) is 23.5 Å². The van der Waals surface area contributed by atoms with Crippen LogP contribution in [0.3, 0.4) is 0 Å². The number of rotatable bonds is 5. The molecule has 0 aliphatic rings. The number of H-pyrrole nitrogens is 1. The molecule has 1 aromatic heterocycles. The summed E-state index contributed by atoms with van der Waals surface area (Å²) in [7, 11) is 3.06. The highest BCUT2D eigenvalue weighted by molar-refractivity contribution is 5.85. The van der Waals surface area contributed by atoms with E-state index in [0.717, 1.165) is 27.8 Å². The van der Waals surface area contributed by atoms with E-state index in [-0.39, 0.29) is 11.9 Å². The smallest absolute Gasteiger partial charge is 0.306 e. The number of benzene rings is 2. The van der Waals surface area contributed by atoms with Gasteiger partial charge in [-0.15, -0.1) is 0 Å². The van der Waals surface area contributed by atoms with Crippen LogP contribution < -0.4 is 4.74 Å². The van der Waals surface area contributed by atoms with Crippen molar-refractivity contribution in [2.45, 2.75) is 12.3 Å². The zero-order chi connectivity index (χ0) is 16.2. The third-order valence-corrected chi connectivity index (χ3v) is 4.11. The van der Waals surface area contributed by atoms with Gasteiger partial charge in [-0.2, -0.15) is 0 Å². The van der Waals surface area contributed by atoms with Crippen LogP contribution >= 0.6 is 0 Å². The van der Waals surface area contributed by atoms with Crippen molar-refractivity contribution in [2.24, 2.45) is 0 Å². The highest BCUT2D eigenvalue weighted by atomic mass is 16.5. The van der Waals surface area contributed by atoms with Crippen LogP contribution in [0.25, 0.3) is 10.9 Å². The molecule has 23 heavy (non-hydrogen) atoms. The predicted octanol–water partition coefficient (Wildman–Crippen LogP) is 3.87. The van der Waals surface area contributed by atoms with E-state index < -0.39 is 0 Å². The zero-order valence-corrected chi connectivity index (χ0v) is 13.2. The molecule has 0 amide bonds. The molecule has 2 aromatic carbocycles. The number of fused-ring (bicyclic) bond motifs is 1. The van der Waals surface area contributed by atoms with Gasteiger partial charge in [0.25, 0.3) is 0 Å². The quantitative estimate of drug-likeness (QED) is 0.728. The van der Waals surface area contributed by atoms with Crippen molar-refractivity contribution >= 4 is 16.9 Å². The van der Waals surface area contributed by atoms with Crippen LogP contribution in [0.5, 0.6) is 5.75 Å². The third-order valence-electron chi connectivity index (χ3n) is 4.11. The highest BCUT2D eigenvalue weighted by Gasteiger charge is 2.21. The van der Waals surface area contributed by atoms with Gasteiger partial charge >= 0.3 is 5.97 Å². The highest BCUT2D eigenvalue weighted by Crippen LogP contribution is 2.34. The average molecular weight is 309 g/mol. The summed E-state index contributed by atoms with van der Waals surface area (Å²) in [5.74, 6) is 0.505. The molecule has 3 rings (SSSR count). The van der Waals surface area contributed by atoms with Crippen molar-refractivity contribution in [3.63, 3.8) is 0 Å². The Balaban J connectivity index is 2.05. The van der Waals surface area contributed by atoms with Gasteiger partial charge in [0, 0.05) is 23.0 Å². The van der Waals surface area contributed by atoms with Gasteiger partial charge < -0.3 is 14.5 Å². The van der Waals surface area contributed by atoms with Crippen molar-refractivity contribution in [3.8, 4) is 5.75 Å². The second kappa shape index (κ2) is 6.57. The fourth-order valence-electron chi connectivity index (χ4n) is 2.88. The fraction of sp³-hybridized carbons (Fsp3) is 0.211. The first-order valence-electron chi connectivity index (χ1n) is 7.49. The Kier molecular flexibility index (Phi) is 4.33. The number of ether oxygens (including phenoxy) is 2. The largest absolute Gasteiger partial charge is 0.497 e. The van der Waals surface area contributed by atoms with Gasteiger partial charge in [0.05, 0.1) is 20.6 Å². The Bertz CT molecular complexity index is 805. The maximum absolute atomic E-state index is 11.9. The van der Waals surface area contributed by atoms with E-state index in [1.165, 1.54) is 7.11 Å². The van der Waals surface area contributed by atoms with Gasteiger partial charge in [0.1, 0.15) is 5.75 Å². The minimum atomic E-state index is -0.226. The third kappa shape index (κ3) is 3.06. The number of nitrogens with one attached hydrogen (secondary N) is 1. The van der Waals surface area contributed by atoms with E-state index in [1.807, 2.05) is 48.7 Å². The zero-order valence-electron chi connectivity index (χ0n) is 13.2. The van der Waals surface area contributed by atoms with Crippen molar-refractivity contribution in [3.05, 3.63) is 65.9 Å². The van der Waals surface area contributed by atoms with E-state index >= 15 is 0 Å². The normalized spacial score (nSPS) is 12.1. The van der Waals surface area contributed by atoms with E-state index in [9.17, 15) is 4.79 Å². The summed E-state index contributed by atoms with van der Waals surface area (Å²) in [6, 6.07) is 15.9. The van der Waals surface area contributed by atoms with Crippen LogP contribution in [0.15, 0.2) is 54.7 Å². The van der Waals surface area contributed by atoms with Crippen LogP contribution in [0.2, 0.25) is 0 Å². The summed E-state index contributed by atoms with van der Waals surface area (Å²) < 4.78 is 10.1. The summed E-state index contributed by atoms with van der Waals surface area (Å²) in [6.45, 7) is 0. The van der Waals surface area contributed by atoms with Crippen molar-refractivity contribution in [1.29, 1.82) is 0 Å². The summed E-state index contributed by atoms with van der Waals surface area (Å²) in [5.41, 5.74) is 3.21. The lowest BCUT2D eigenvalue weighted by molar-refractivity contribution is -0.140. The van der Waals surface area contributed by atoms with Gasteiger partial charge in [0.2, 0.25) is 0 Å². The molecule has 0 aliphatic carbocycles. The molecule has 1 heterocycles. The SMILES string of the molecule is COC(=O)C[C@H](c1ccc(OC)cc1)c1c[nH]c2ccccc12. The van der Waals surface area contributed by atoms with Gasteiger partial charge in [-0.3, -0.25) is 4.79 Å². The second-order valence-corrected chi connectivity index (χ2v) is 5.40. The predicted molar refractivity (Wildman–Crippen MR) is 89.8 cm³/mol. The van der Waals surface area contributed by atoms with E-state index in [0.29, 0.717) is 6.42 Å². The minimum Gasteiger partial charge on any atom is -0.497 e. The number of carbonyl (C=O) groups is 1. The Morgan fingerprint density at radius 2 is 1.83 bits per heavy atom. The fourth-order valence-corrected chi connectivity index (χ4v) is 2.88. The number of esters is 1. The van der Waals surface area contributed by atoms with E-state index in [2.05, 4.69) is 11.1 Å². The number of hydrogen-bond acceptors (Lipinski definition) is 3. The molecule has 0 aliphatic heterocycles. The first-order chi connectivity index (χ1) is 11.2. The second-order valence-electron chi connectivity index (χ2n) is 5.40. The van der Waals surface area contributed by atoms with Crippen LogP contribution in [-0.2, 0) is 9.53 Å². The summed E-state index contributed by atoms with van der Waals surface area (Å²) in [4.78, 5) is 15.2. The van der Waals surface area contributed by atoms with E-state index in [1.54, 1.807) is 7.11 Å². The summed E-state index contributed by atoms with van der Waals surface area (Å²) in [5, 5.41) is 1.12. The molecule has 4 heteroatoms. The molecule has 118 valence electrons. The van der Waals surface area contributed by atoms with Gasteiger partial charge in [0.15, 0.2) is 0 Å². The minimum absolute atomic E-state index is 0.0653.